The summed E-state index contributed by atoms with van der Waals surface area (Å²) >= 11 is 0. The van der Waals surface area contributed by atoms with Gasteiger partial charge in [-0.15, -0.1) is 0 Å². The summed E-state index contributed by atoms with van der Waals surface area (Å²) < 4.78 is 15.2. The molecular formula is C48H54N6O12. The molecule has 6 atom stereocenters. The molecule has 0 aliphatic heterocycles. The van der Waals surface area contributed by atoms with E-state index in [1.165, 1.54) is 24.3 Å². The molecule has 18 nitrogen and oxygen atoms in total. The van der Waals surface area contributed by atoms with Crippen LogP contribution in [-0.4, -0.2) is 53.7 Å². The van der Waals surface area contributed by atoms with E-state index < -0.39 is 104 Å². The lowest BCUT2D eigenvalue weighted by Gasteiger charge is -2.33. The van der Waals surface area contributed by atoms with E-state index in [1.807, 2.05) is 0 Å². The van der Waals surface area contributed by atoms with Gasteiger partial charge in [0.1, 0.15) is 11.2 Å². The second kappa shape index (κ2) is 16.2. The van der Waals surface area contributed by atoms with Crippen LogP contribution < -0.4 is 55.1 Å². The molecule has 2 N–H and O–H groups in total. The molecule has 3 aliphatic carbocycles. The van der Waals surface area contributed by atoms with Crippen LogP contribution in [0.4, 0.5) is 9.59 Å². The fourth-order valence-electron chi connectivity index (χ4n) is 11.0. The number of alkyl carbamates (subject to hydrolysis) is 2. The fourth-order valence-corrected chi connectivity index (χ4v) is 11.0. The molecule has 348 valence electrons. The molecule has 18 heteroatoms. The van der Waals surface area contributed by atoms with Gasteiger partial charge in [-0.3, -0.25) is 56.6 Å². The van der Waals surface area contributed by atoms with Gasteiger partial charge in [0, 0.05) is 0 Å². The average Bonchev–Trinajstić information content (AvgIpc) is 3.83. The van der Waals surface area contributed by atoms with Gasteiger partial charge in [-0.2, -0.15) is 0 Å². The lowest BCUT2D eigenvalue weighted by molar-refractivity contribution is 0.0459. The smallest absolute Gasteiger partial charge is 0.407 e. The molecule has 66 heavy (non-hydrogen) atoms. The Morgan fingerprint density at radius 1 is 0.394 bits per heavy atom. The van der Waals surface area contributed by atoms with E-state index >= 15 is 0 Å². The van der Waals surface area contributed by atoms with Gasteiger partial charge in [0.25, 0.3) is 44.5 Å². The number of fused-ring (bicyclic) bond motifs is 4. The first-order valence-corrected chi connectivity index (χ1v) is 23.0. The predicted molar refractivity (Wildman–Crippen MR) is 248 cm³/mol. The lowest BCUT2D eigenvalue weighted by Crippen LogP contribution is -2.48. The molecule has 0 bridgehead atoms. The highest BCUT2D eigenvalue weighted by molar-refractivity contribution is 5.99. The summed E-state index contributed by atoms with van der Waals surface area (Å²) in [5, 5.41) is 5.15. The van der Waals surface area contributed by atoms with Crippen molar-refractivity contribution in [2.45, 2.75) is 166 Å². The average molecular weight is 907 g/mol. The SMILES string of the molecule is CC(C)(C)OC(=O)NC1CCCC[C@H]1n1c(=O)c2cc3c(=O)n([C@@H]4CCCC[C@H]4n4c(=O)c5cc6c(=O)n(C7CCCC[C@H]7NC(=O)OC(C)(C)C)c(=O)c6cc5c4=O)c(=O)c3cc2c1=O. The minimum Gasteiger partial charge on any atom is -0.444 e. The van der Waals surface area contributed by atoms with Crippen molar-refractivity contribution in [3.8, 4) is 0 Å². The Balaban J connectivity index is 1.08. The maximum atomic E-state index is 14.4. The largest absolute Gasteiger partial charge is 0.444 e. The topological polar surface area (TPSA) is 233 Å². The Morgan fingerprint density at radius 2 is 0.606 bits per heavy atom. The van der Waals surface area contributed by atoms with E-state index in [0.29, 0.717) is 51.4 Å². The second-order valence-electron chi connectivity index (χ2n) is 20.4. The molecule has 2 amide bonds. The Morgan fingerprint density at radius 3 is 0.848 bits per heavy atom. The molecule has 2 unspecified atom stereocenters. The summed E-state index contributed by atoms with van der Waals surface area (Å²) in [5.41, 5.74) is -7.06. The Bertz CT molecular complexity index is 3030. The van der Waals surface area contributed by atoms with Gasteiger partial charge in [-0.25, -0.2) is 9.59 Å². The minimum absolute atomic E-state index is 0.0436. The van der Waals surface area contributed by atoms with E-state index in [1.54, 1.807) is 41.5 Å². The van der Waals surface area contributed by atoms with E-state index in [-0.39, 0.29) is 55.9 Å². The molecule has 4 heterocycles. The van der Waals surface area contributed by atoms with Gasteiger partial charge in [0.05, 0.1) is 79.3 Å². The van der Waals surface area contributed by atoms with Crippen molar-refractivity contribution in [2.75, 3.05) is 0 Å². The molecule has 0 radical (unpaired) electrons. The number of nitrogens with zero attached hydrogens (tertiary/aromatic N) is 4. The number of nitrogens with one attached hydrogen (secondary N) is 2. The molecule has 3 fully saturated rings. The highest BCUT2D eigenvalue weighted by Gasteiger charge is 2.38. The molecular weight excluding hydrogens is 853 g/mol. The number of aromatic nitrogens is 4. The maximum Gasteiger partial charge on any atom is 0.407 e. The van der Waals surface area contributed by atoms with E-state index in [4.69, 9.17) is 9.47 Å². The van der Waals surface area contributed by atoms with E-state index in [0.717, 1.165) is 31.1 Å². The lowest BCUT2D eigenvalue weighted by atomic mass is 9.90. The number of hydrogen-bond acceptors (Lipinski definition) is 12. The standard InChI is InChI=1S/C48H54N6O12/c1-47(2,3)65-45(63)49-31-13-7-9-15-33(31)51-37(55)23-19-27-28(20-24(23)38(51)56)42(60)53(41(27)59)35-17-11-12-18-36(35)54-43(61)29-21-25-26(22-30(29)44(54)62)40(58)52(39(25)57)34-16-10-8-14-32(34)50-46(64)66-48(4,5)6/h19-22,31-36H,7-18H2,1-6H3,(H,49,63)(H,50,64)/t31-,32?,33?,34-,35-,36-/m1/s1. The van der Waals surface area contributed by atoms with Crippen molar-refractivity contribution in [1.82, 2.24) is 28.9 Å². The zero-order valence-electron chi connectivity index (χ0n) is 37.9. The monoisotopic (exact) mass is 906 g/mol. The maximum absolute atomic E-state index is 14.4. The van der Waals surface area contributed by atoms with Gasteiger partial charge in [-0.1, -0.05) is 38.5 Å². The second-order valence-corrected chi connectivity index (χ2v) is 20.4. The van der Waals surface area contributed by atoms with Crippen molar-refractivity contribution in [2.24, 2.45) is 0 Å². The summed E-state index contributed by atoms with van der Waals surface area (Å²) in [6.07, 6.45) is 5.10. The highest BCUT2D eigenvalue weighted by atomic mass is 16.6. The number of hydrogen-bond donors (Lipinski definition) is 2. The molecule has 2 aromatic carbocycles. The summed E-state index contributed by atoms with van der Waals surface area (Å²) in [7, 11) is 0. The third kappa shape index (κ3) is 7.51. The number of amides is 2. The van der Waals surface area contributed by atoms with Crippen molar-refractivity contribution < 1.29 is 19.1 Å². The highest BCUT2D eigenvalue weighted by Crippen LogP contribution is 2.37. The van der Waals surface area contributed by atoms with Gasteiger partial charge >= 0.3 is 12.2 Å². The first-order valence-electron chi connectivity index (χ1n) is 23.0. The Labute approximate surface area is 375 Å². The van der Waals surface area contributed by atoms with Crippen LogP contribution in [0.3, 0.4) is 0 Å². The zero-order chi connectivity index (χ0) is 47.3. The van der Waals surface area contributed by atoms with Gasteiger partial charge in [-0.05, 0) is 104 Å². The summed E-state index contributed by atoms with van der Waals surface area (Å²) in [4.78, 5) is 139. The summed E-state index contributed by atoms with van der Waals surface area (Å²) in [5.74, 6) is 0. The number of carbonyl (C=O) groups is 2. The zero-order valence-corrected chi connectivity index (χ0v) is 37.9. The van der Waals surface area contributed by atoms with Crippen molar-refractivity contribution in [1.29, 1.82) is 0 Å². The van der Waals surface area contributed by atoms with E-state index in [9.17, 15) is 47.9 Å². The fraction of sp³-hybridized carbons (Fsp3) is 0.542. The first kappa shape index (κ1) is 44.7. The van der Waals surface area contributed by atoms with Gasteiger partial charge in [0.15, 0.2) is 0 Å². The molecule has 9 rings (SSSR count). The van der Waals surface area contributed by atoms with Crippen molar-refractivity contribution in [3.05, 3.63) is 107 Å². The van der Waals surface area contributed by atoms with Crippen LogP contribution in [0.5, 0.6) is 0 Å². The molecule has 3 aliphatic rings. The third-order valence-corrected chi connectivity index (χ3v) is 13.8. The number of benzene rings is 2. The van der Waals surface area contributed by atoms with Crippen LogP contribution in [0.1, 0.15) is 143 Å². The van der Waals surface area contributed by atoms with Crippen molar-refractivity contribution >= 4 is 55.3 Å². The number of carbonyl (C=O) groups excluding carboxylic acids is 2. The normalized spacial score (nSPS) is 23.2. The van der Waals surface area contributed by atoms with Gasteiger partial charge in [0.2, 0.25) is 0 Å². The Hall–Kier alpha value is -6.46. The number of rotatable bonds is 6. The molecule has 3 saturated carbocycles. The molecule has 6 aromatic rings. The Kier molecular flexibility index (Phi) is 10.9. The van der Waals surface area contributed by atoms with E-state index in [2.05, 4.69) is 10.6 Å². The quantitative estimate of drug-likeness (QED) is 0.235. The van der Waals surface area contributed by atoms with Crippen LogP contribution in [0, 0.1) is 0 Å². The van der Waals surface area contributed by atoms with Crippen LogP contribution in [0.15, 0.2) is 62.6 Å². The van der Waals surface area contributed by atoms with Gasteiger partial charge < -0.3 is 20.1 Å². The molecule has 4 aromatic heterocycles. The molecule has 0 saturated heterocycles. The first-order chi connectivity index (χ1) is 31.1. The van der Waals surface area contributed by atoms with Crippen LogP contribution in [-0.2, 0) is 9.47 Å². The third-order valence-electron chi connectivity index (χ3n) is 13.8. The minimum atomic E-state index is -0.959. The number of ether oxygens (including phenoxy) is 2. The molecule has 0 spiro atoms. The van der Waals surface area contributed by atoms with Crippen LogP contribution in [0.25, 0.3) is 43.1 Å². The van der Waals surface area contributed by atoms with Crippen molar-refractivity contribution in [3.63, 3.8) is 0 Å². The summed E-state index contributed by atoms with van der Waals surface area (Å²) in [6, 6.07) is 0.635. The van der Waals surface area contributed by atoms with Crippen LogP contribution in [0.2, 0.25) is 0 Å². The predicted octanol–water partition coefficient (Wildman–Crippen LogP) is 4.51. The van der Waals surface area contributed by atoms with Crippen LogP contribution >= 0.6 is 0 Å². The summed E-state index contributed by atoms with van der Waals surface area (Å²) in [6.45, 7) is 10.4.